The van der Waals surface area contributed by atoms with E-state index in [1.807, 2.05) is 6.08 Å². The normalized spacial score (nSPS) is 40.2. The molecule has 0 aliphatic heterocycles. The number of ether oxygens (including phenoxy) is 2. The number of carbonyl (C=O) groups excluding carboxylic acids is 2. The van der Waals surface area contributed by atoms with Crippen molar-refractivity contribution in [3.63, 3.8) is 0 Å². The third-order valence-electron chi connectivity index (χ3n) is 9.24. The predicted molar refractivity (Wildman–Crippen MR) is 121 cm³/mol. The highest BCUT2D eigenvalue weighted by Gasteiger charge is 2.57. The van der Waals surface area contributed by atoms with Gasteiger partial charge in [0.15, 0.2) is 0 Å². The maximum atomic E-state index is 11.6. The number of allylic oxidation sites excluding steroid dienone is 4. The van der Waals surface area contributed by atoms with Gasteiger partial charge in [-0.1, -0.05) is 50.1 Å². The van der Waals surface area contributed by atoms with Gasteiger partial charge in [0.05, 0.1) is 7.11 Å². The molecule has 4 heteroatoms. The summed E-state index contributed by atoms with van der Waals surface area (Å²) in [5, 5.41) is 0. The first kappa shape index (κ1) is 22.4. The van der Waals surface area contributed by atoms with Crippen LogP contribution < -0.4 is 0 Å². The second-order valence-electron chi connectivity index (χ2n) is 10.8. The van der Waals surface area contributed by atoms with Gasteiger partial charge in [-0.15, -0.1) is 0 Å². The molecule has 7 atom stereocenters. The molecule has 0 unspecified atom stereocenters. The Hall–Kier alpha value is -1.84. The van der Waals surface area contributed by atoms with E-state index in [1.54, 1.807) is 6.08 Å². The molecule has 31 heavy (non-hydrogen) atoms. The van der Waals surface area contributed by atoms with Crippen molar-refractivity contribution in [2.24, 2.45) is 34.5 Å². The van der Waals surface area contributed by atoms with Crippen LogP contribution in [0.4, 0.5) is 0 Å². The number of fused-ring (bicyclic) bond motifs is 5. The largest absolute Gasteiger partial charge is 0.466 e. The Labute approximate surface area is 187 Å². The van der Waals surface area contributed by atoms with Crippen molar-refractivity contribution < 1.29 is 19.1 Å². The maximum absolute atomic E-state index is 11.6. The highest BCUT2D eigenvalue weighted by molar-refractivity contribution is 5.81. The molecular weight excluding hydrogens is 388 g/mol. The zero-order chi connectivity index (χ0) is 22.4. The van der Waals surface area contributed by atoms with Crippen LogP contribution in [-0.4, -0.2) is 25.2 Å². The van der Waals surface area contributed by atoms with Crippen molar-refractivity contribution in [1.82, 2.24) is 0 Å². The Bertz CT molecular complexity index is 836. The first-order chi connectivity index (χ1) is 14.7. The van der Waals surface area contributed by atoms with Gasteiger partial charge < -0.3 is 9.47 Å². The zero-order valence-corrected chi connectivity index (χ0v) is 19.8. The van der Waals surface area contributed by atoms with Crippen LogP contribution in [0.2, 0.25) is 0 Å². The monoisotopic (exact) mass is 426 g/mol. The van der Waals surface area contributed by atoms with Gasteiger partial charge in [-0.2, -0.15) is 0 Å². The topological polar surface area (TPSA) is 52.6 Å². The number of rotatable bonds is 4. The molecule has 0 saturated heterocycles. The fraction of sp³-hybridized carbons (Fsp3) is 0.704. The van der Waals surface area contributed by atoms with E-state index < -0.39 is 0 Å². The lowest BCUT2D eigenvalue weighted by Gasteiger charge is -2.58. The van der Waals surface area contributed by atoms with Crippen LogP contribution in [0.15, 0.2) is 35.5 Å². The van der Waals surface area contributed by atoms with Gasteiger partial charge >= 0.3 is 11.9 Å². The van der Waals surface area contributed by atoms with Gasteiger partial charge in [0.25, 0.3) is 0 Å². The van der Waals surface area contributed by atoms with E-state index in [1.165, 1.54) is 38.0 Å². The second-order valence-corrected chi connectivity index (χ2v) is 10.8. The first-order valence-corrected chi connectivity index (χ1v) is 12.0. The fourth-order valence-corrected chi connectivity index (χ4v) is 7.66. The standard InChI is InChI=1S/C27H38O4/c1-17(6-11-25(29)30-5)22-9-10-23-21-8-7-19-16-20(31-18(2)28)12-14-26(19,3)24(21)13-15-27(22,23)4/h6-7,9,11,17,20-21,23-24H,8,10,12-16H2,1-5H3/b11-6+/t17-,20-,21-,23-,24-,26-,27+/m0/s1. The van der Waals surface area contributed by atoms with Crippen molar-refractivity contribution in [1.29, 1.82) is 0 Å². The Kier molecular flexibility index (Phi) is 5.95. The number of carbonyl (C=O) groups is 2. The van der Waals surface area contributed by atoms with E-state index >= 15 is 0 Å². The van der Waals surface area contributed by atoms with Gasteiger partial charge in [-0.25, -0.2) is 4.79 Å². The van der Waals surface area contributed by atoms with E-state index in [9.17, 15) is 9.59 Å². The van der Waals surface area contributed by atoms with Crippen LogP contribution in [0.25, 0.3) is 0 Å². The van der Waals surface area contributed by atoms with Crippen molar-refractivity contribution in [3.05, 3.63) is 35.5 Å². The summed E-state index contributed by atoms with van der Waals surface area (Å²) in [6, 6.07) is 0. The molecule has 0 radical (unpaired) electrons. The maximum Gasteiger partial charge on any atom is 0.330 e. The molecule has 4 aliphatic rings. The molecule has 0 bridgehead atoms. The van der Waals surface area contributed by atoms with Crippen LogP contribution in [-0.2, 0) is 19.1 Å². The van der Waals surface area contributed by atoms with Crippen LogP contribution in [0.3, 0.4) is 0 Å². The zero-order valence-electron chi connectivity index (χ0n) is 19.8. The van der Waals surface area contributed by atoms with Crippen LogP contribution in [0.5, 0.6) is 0 Å². The summed E-state index contributed by atoms with van der Waals surface area (Å²) < 4.78 is 10.3. The molecular formula is C27H38O4. The molecule has 170 valence electrons. The van der Waals surface area contributed by atoms with Gasteiger partial charge in [-0.05, 0) is 73.0 Å². The predicted octanol–water partition coefficient (Wildman–Crippen LogP) is 5.78. The molecule has 0 aromatic heterocycles. The molecule has 0 N–H and O–H groups in total. The van der Waals surface area contributed by atoms with Crippen molar-refractivity contribution in [2.45, 2.75) is 78.7 Å². The smallest absolute Gasteiger partial charge is 0.330 e. The van der Waals surface area contributed by atoms with E-state index in [-0.39, 0.29) is 34.8 Å². The molecule has 0 aromatic carbocycles. The number of hydrogen-bond acceptors (Lipinski definition) is 4. The summed E-state index contributed by atoms with van der Waals surface area (Å²) in [6.07, 6.45) is 16.4. The van der Waals surface area contributed by atoms with Crippen LogP contribution >= 0.6 is 0 Å². The molecule has 0 aromatic rings. The molecule has 2 saturated carbocycles. The first-order valence-electron chi connectivity index (χ1n) is 12.0. The lowest BCUT2D eigenvalue weighted by atomic mass is 9.47. The van der Waals surface area contributed by atoms with E-state index in [2.05, 4.69) is 32.9 Å². The van der Waals surface area contributed by atoms with E-state index in [4.69, 9.17) is 9.47 Å². The van der Waals surface area contributed by atoms with E-state index in [0.717, 1.165) is 38.0 Å². The second kappa shape index (κ2) is 8.26. The Balaban J connectivity index is 1.52. The fourth-order valence-electron chi connectivity index (χ4n) is 7.66. The molecule has 4 aliphatic carbocycles. The summed E-state index contributed by atoms with van der Waals surface area (Å²) in [6.45, 7) is 8.68. The lowest BCUT2D eigenvalue weighted by molar-refractivity contribution is -0.148. The summed E-state index contributed by atoms with van der Waals surface area (Å²) in [4.78, 5) is 23.0. The molecule has 0 amide bonds. The summed E-state index contributed by atoms with van der Waals surface area (Å²) in [5.41, 5.74) is 3.52. The highest BCUT2D eigenvalue weighted by atomic mass is 16.5. The number of methoxy groups -OCH3 is 1. The molecule has 4 nitrogen and oxygen atoms in total. The molecule has 4 rings (SSSR count). The summed E-state index contributed by atoms with van der Waals surface area (Å²) in [7, 11) is 1.43. The number of esters is 2. The van der Waals surface area contributed by atoms with Crippen molar-refractivity contribution >= 4 is 11.9 Å². The number of hydrogen-bond donors (Lipinski definition) is 0. The van der Waals surface area contributed by atoms with Crippen LogP contribution in [0.1, 0.15) is 72.6 Å². The third-order valence-corrected chi connectivity index (χ3v) is 9.24. The summed E-state index contributed by atoms with van der Waals surface area (Å²) >= 11 is 0. The van der Waals surface area contributed by atoms with Gasteiger partial charge in [0.2, 0.25) is 0 Å². The molecule has 0 spiro atoms. The van der Waals surface area contributed by atoms with Gasteiger partial charge in [0, 0.05) is 19.4 Å². The van der Waals surface area contributed by atoms with Crippen molar-refractivity contribution in [2.75, 3.05) is 7.11 Å². The van der Waals surface area contributed by atoms with E-state index in [0.29, 0.717) is 11.8 Å². The van der Waals surface area contributed by atoms with Gasteiger partial charge in [-0.3, -0.25) is 4.79 Å². The molecule has 2 fully saturated rings. The minimum absolute atomic E-state index is 0.0597. The quantitative estimate of drug-likeness (QED) is 0.325. The van der Waals surface area contributed by atoms with Crippen molar-refractivity contribution in [3.8, 4) is 0 Å². The molecule has 0 heterocycles. The minimum Gasteiger partial charge on any atom is -0.466 e. The Morgan fingerprint density at radius 2 is 1.84 bits per heavy atom. The average molecular weight is 427 g/mol. The van der Waals surface area contributed by atoms with Gasteiger partial charge in [0.1, 0.15) is 6.10 Å². The highest BCUT2D eigenvalue weighted by Crippen LogP contribution is 2.65. The summed E-state index contributed by atoms with van der Waals surface area (Å²) in [5.74, 6) is 1.93. The minimum atomic E-state index is -0.280. The average Bonchev–Trinajstić information content (AvgIpc) is 3.09. The Morgan fingerprint density at radius 3 is 2.55 bits per heavy atom. The van der Waals surface area contributed by atoms with Crippen LogP contribution in [0, 0.1) is 34.5 Å². The SMILES string of the molecule is COC(=O)/C=C/[C@H](C)C1=CC[C@H]2[C@@H]3CC=C4C[C@@H](OC(C)=O)CC[C@]4(C)[C@H]3CC[C@]12C. The lowest BCUT2D eigenvalue weighted by Crippen LogP contribution is -2.50. The Morgan fingerprint density at radius 1 is 1.10 bits per heavy atom. The third kappa shape index (κ3) is 3.81.